The van der Waals surface area contributed by atoms with Gasteiger partial charge in [-0.1, -0.05) is 72.8 Å². The summed E-state index contributed by atoms with van der Waals surface area (Å²) in [5, 5.41) is 6.54. The van der Waals surface area contributed by atoms with Crippen LogP contribution in [-0.2, 0) is 9.59 Å². The second kappa shape index (κ2) is 16.9. The first-order valence-corrected chi connectivity index (χ1v) is 15.3. The molecule has 9 heteroatoms. The summed E-state index contributed by atoms with van der Waals surface area (Å²) in [6, 6.07) is 27.7. The number of aliphatic imine (C=N–C) groups is 1. The largest absolute Gasteiger partial charge is 0.494 e. The summed E-state index contributed by atoms with van der Waals surface area (Å²) in [5.41, 5.74) is 14.2. The van der Waals surface area contributed by atoms with Crippen molar-refractivity contribution in [2.75, 3.05) is 32.8 Å². The van der Waals surface area contributed by atoms with Crippen molar-refractivity contribution in [2.24, 2.45) is 16.5 Å². The number of nitrogens with zero attached hydrogens (tertiary/aromatic N) is 2. The summed E-state index contributed by atoms with van der Waals surface area (Å²) >= 11 is 0. The van der Waals surface area contributed by atoms with Crippen molar-refractivity contribution in [3.05, 3.63) is 108 Å². The van der Waals surface area contributed by atoms with Crippen molar-refractivity contribution in [3.63, 3.8) is 0 Å². The Kier molecular flexibility index (Phi) is 12.4. The number of nitrogens with one attached hydrogen (secondary N) is 2. The molecule has 6 N–H and O–H groups in total. The van der Waals surface area contributed by atoms with E-state index in [4.69, 9.17) is 16.2 Å². The van der Waals surface area contributed by atoms with Gasteiger partial charge in [0.25, 0.3) is 0 Å². The van der Waals surface area contributed by atoms with E-state index in [0.29, 0.717) is 52.0 Å². The number of benzene rings is 3. The highest BCUT2D eigenvalue weighted by molar-refractivity contribution is 5.91. The molecule has 0 bridgehead atoms. The van der Waals surface area contributed by atoms with Gasteiger partial charge in [-0.2, -0.15) is 0 Å². The minimum Gasteiger partial charge on any atom is -0.494 e. The maximum Gasteiger partial charge on any atom is 0.244 e. The number of hydrogen-bond acceptors (Lipinski definition) is 5. The van der Waals surface area contributed by atoms with E-state index in [9.17, 15) is 9.59 Å². The van der Waals surface area contributed by atoms with Crippen LogP contribution in [0.4, 0.5) is 0 Å². The van der Waals surface area contributed by atoms with Gasteiger partial charge >= 0.3 is 0 Å². The van der Waals surface area contributed by atoms with Gasteiger partial charge in [-0.15, -0.1) is 0 Å². The zero-order valence-corrected chi connectivity index (χ0v) is 25.4. The SMILES string of the molecule is CCOc1ccc(/C=C/C(=O)NCC2CCN(CC(c3ccccc3)c3ccccc3)C(=O)C(CCCN=C(N)N)N2)cc1. The molecule has 0 spiro atoms. The van der Waals surface area contributed by atoms with Gasteiger partial charge in [0.15, 0.2) is 5.96 Å². The molecular weight excluding hydrogens is 552 g/mol. The fourth-order valence-electron chi connectivity index (χ4n) is 5.42. The molecule has 4 rings (SSSR count). The number of nitrogens with two attached hydrogens (primary N) is 2. The number of hydrogen-bond donors (Lipinski definition) is 4. The molecule has 2 unspecified atom stereocenters. The zero-order chi connectivity index (χ0) is 31.1. The highest BCUT2D eigenvalue weighted by Crippen LogP contribution is 2.27. The van der Waals surface area contributed by atoms with Crippen molar-refractivity contribution in [3.8, 4) is 5.75 Å². The first-order chi connectivity index (χ1) is 21.4. The average Bonchev–Trinajstić information content (AvgIpc) is 3.19. The molecule has 0 aromatic heterocycles. The minimum absolute atomic E-state index is 0.0348. The molecule has 232 valence electrons. The molecular formula is C35H44N6O3. The fraction of sp³-hybridized carbons (Fsp3) is 0.343. The van der Waals surface area contributed by atoms with Crippen LogP contribution in [0, 0.1) is 0 Å². The number of amides is 2. The van der Waals surface area contributed by atoms with Crippen LogP contribution >= 0.6 is 0 Å². The van der Waals surface area contributed by atoms with E-state index < -0.39 is 6.04 Å². The Labute approximate surface area is 260 Å². The maximum absolute atomic E-state index is 14.0. The van der Waals surface area contributed by atoms with Crippen molar-refractivity contribution >= 4 is 23.8 Å². The van der Waals surface area contributed by atoms with E-state index in [0.717, 1.165) is 22.4 Å². The Hall–Kier alpha value is -4.63. The Morgan fingerprint density at radius 1 is 1.05 bits per heavy atom. The molecule has 9 nitrogen and oxygen atoms in total. The quantitative estimate of drug-likeness (QED) is 0.0971. The molecule has 1 heterocycles. The van der Waals surface area contributed by atoms with Gasteiger partial charge in [0.05, 0.1) is 12.6 Å². The lowest BCUT2D eigenvalue weighted by Gasteiger charge is -2.29. The van der Waals surface area contributed by atoms with Crippen LogP contribution in [0.3, 0.4) is 0 Å². The summed E-state index contributed by atoms with van der Waals surface area (Å²) in [5.74, 6) is 0.733. The van der Waals surface area contributed by atoms with Crippen molar-refractivity contribution in [2.45, 2.75) is 44.2 Å². The molecule has 0 saturated carbocycles. The molecule has 0 radical (unpaired) electrons. The lowest BCUT2D eigenvalue weighted by Crippen LogP contribution is -2.49. The Morgan fingerprint density at radius 2 is 1.70 bits per heavy atom. The third-order valence-corrected chi connectivity index (χ3v) is 7.69. The van der Waals surface area contributed by atoms with Crippen LogP contribution in [0.1, 0.15) is 48.8 Å². The third kappa shape index (κ3) is 9.98. The lowest BCUT2D eigenvalue weighted by molar-refractivity contribution is -0.133. The van der Waals surface area contributed by atoms with Gasteiger partial charge in [-0.25, -0.2) is 0 Å². The summed E-state index contributed by atoms with van der Waals surface area (Å²) in [7, 11) is 0. The van der Waals surface area contributed by atoms with Gasteiger partial charge in [-0.3, -0.25) is 14.6 Å². The smallest absolute Gasteiger partial charge is 0.244 e. The predicted octanol–water partition coefficient (Wildman–Crippen LogP) is 3.66. The first-order valence-electron chi connectivity index (χ1n) is 15.3. The van der Waals surface area contributed by atoms with Crippen molar-refractivity contribution in [1.29, 1.82) is 0 Å². The minimum atomic E-state index is -0.416. The van der Waals surface area contributed by atoms with Gasteiger partial charge in [0.2, 0.25) is 11.8 Å². The molecule has 1 fully saturated rings. The highest BCUT2D eigenvalue weighted by atomic mass is 16.5. The molecule has 1 aliphatic rings. The van der Waals surface area contributed by atoms with Crippen LogP contribution in [-0.4, -0.2) is 67.5 Å². The lowest BCUT2D eigenvalue weighted by atomic mass is 9.90. The predicted molar refractivity (Wildman–Crippen MR) is 176 cm³/mol. The molecule has 3 aromatic rings. The van der Waals surface area contributed by atoms with Crippen LogP contribution in [0.5, 0.6) is 5.75 Å². The summed E-state index contributed by atoms with van der Waals surface area (Å²) in [6.07, 6.45) is 5.24. The average molecular weight is 597 g/mol. The van der Waals surface area contributed by atoms with Gasteiger partial charge in [0, 0.05) is 44.2 Å². The molecule has 1 aliphatic heterocycles. The molecule has 1 saturated heterocycles. The third-order valence-electron chi connectivity index (χ3n) is 7.69. The fourth-order valence-corrected chi connectivity index (χ4v) is 5.42. The van der Waals surface area contributed by atoms with E-state index in [2.05, 4.69) is 39.9 Å². The molecule has 3 aromatic carbocycles. The topological polar surface area (TPSA) is 135 Å². The van der Waals surface area contributed by atoms with Gasteiger partial charge < -0.3 is 31.7 Å². The van der Waals surface area contributed by atoms with E-state index in [1.165, 1.54) is 6.08 Å². The van der Waals surface area contributed by atoms with Crippen LogP contribution in [0.25, 0.3) is 6.08 Å². The number of rotatable bonds is 14. The Balaban J connectivity index is 1.44. The molecule has 0 aliphatic carbocycles. The molecule has 2 amide bonds. The van der Waals surface area contributed by atoms with Crippen LogP contribution in [0.15, 0.2) is 96.0 Å². The number of ether oxygens (including phenoxy) is 1. The number of carbonyl (C=O) groups is 2. The van der Waals surface area contributed by atoms with E-state index in [1.807, 2.05) is 72.5 Å². The highest BCUT2D eigenvalue weighted by Gasteiger charge is 2.32. The van der Waals surface area contributed by atoms with Crippen molar-refractivity contribution < 1.29 is 14.3 Å². The van der Waals surface area contributed by atoms with Gasteiger partial charge in [0.1, 0.15) is 5.75 Å². The Bertz CT molecular complexity index is 1340. The van der Waals surface area contributed by atoms with Gasteiger partial charge in [-0.05, 0) is 61.1 Å². The zero-order valence-electron chi connectivity index (χ0n) is 25.4. The summed E-state index contributed by atoms with van der Waals surface area (Å²) in [6.45, 7) is 4.53. The van der Waals surface area contributed by atoms with Crippen LogP contribution < -0.4 is 26.8 Å². The molecule has 44 heavy (non-hydrogen) atoms. The summed E-state index contributed by atoms with van der Waals surface area (Å²) in [4.78, 5) is 32.7. The van der Waals surface area contributed by atoms with E-state index >= 15 is 0 Å². The standard InChI is InChI=1S/C35H44N6O3/c1-2-44-30-18-15-26(16-19-30)17-20-33(42)39-24-29-21-23-41(34(43)32(40-29)14-9-22-38-35(36)37)25-31(27-10-5-3-6-11-27)28-12-7-4-8-13-28/h3-8,10-13,15-20,29,31-32,40H,2,9,14,21-25H2,1H3,(H,39,42)(H4,36,37,38)/b20-17+. The van der Waals surface area contributed by atoms with Crippen LogP contribution in [0.2, 0.25) is 0 Å². The second-order valence-electron chi connectivity index (χ2n) is 10.9. The normalized spacial score (nSPS) is 17.0. The van der Waals surface area contributed by atoms with Crippen molar-refractivity contribution in [1.82, 2.24) is 15.5 Å². The molecule has 2 atom stereocenters. The number of carbonyl (C=O) groups excluding carboxylic acids is 2. The Morgan fingerprint density at radius 3 is 2.32 bits per heavy atom. The number of guanidine groups is 1. The monoisotopic (exact) mass is 596 g/mol. The second-order valence-corrected chi connectivity index (χ2v) is 10.9. The maximum atomic E-state index is 14.0. The summed E-state index contributed by atoms with van der Waals surface area (Å²) < 4.78 is 5.48. The first kappa shape index (κ1) is 32.3. The van der Waals surface area contributed by atoms with E-state index in [1.54, 1.807) is 6.08 Å². The van der Waals surface area contributed by atoms with E-state index in [-0.39, 0.29) is 29.7 Å².